The van der Waals surface area contributed by atoms with Crippen LogP contribution in [-0.4, -0.2) is 18.2 Å². The molecule has 0 saturated heterocycles. The van der Waals surface area contributed by atoms with E-state index in [4.69, 9.17) is 0 Å². The van der Waals surface area contributed by atoms with Crippen LogP contribution in [0.25, 0.3) is 0 Å². The molecule has 20 heavy (non-hydrogen) atoms. The van der Waals surface area contributed by atoms with E-state index in [1.807, 2.05) is 61.2 Å². The van der Waals surface area contributed by atoms with Crippen molar-refractivity contribution in [1.29, 1.82) is 0 Å². The Morgan fingerprint density at radius 3 is 2.50 bits per heavy atom. The number of hydrogen-bond acceptors (Lipinski definition) is 2. The molecule has 3 heteroatoms. The zero-order valence-electron chi connectivity index (χ0n) is 11.6. The van der Waals surface area contributed by atoms with Crippen LogP contribution < -0.4 is 5.32 Å². The van der Waals surface area contributed by atoms with Gasteiger partial charge >= 0.3 is 0 Å². The molecule has 0 aliphatic rings. The number of hydrogen-bond donors (Lipinski definition) is 1. The maximum Gasteiger partial charge on any atom is 0.251 e. The third-order valence-electron chi connectivity index (χ3n) is 3.01. The fraction of sp³-hybridized carbons (Fsp3) is 0.235. The van der Waals surface area contributed by atoms with Crippen LogP contribution in [-0.2, 0) is 0 Å². The van der Waals surface area contributed by atoms with Gasteiger partial charge in [-0.3, -0.25) is 4.79 Å². The minimum absolute atomic E-state index is 0.0211. The molecule has 2 nitrogen and oxygen atoms in total. The van der Waals surface area contributed by atoms with Crippen LogP contribution in [0.2, 0.25) is 0 Å². The number of thioether (sulfide) groups is 1. The predicted molar refractivity (Wildman–Crippen MR) is 85.3 cm³/mol. The van der Waals surface area contributed by atoms with E-state index in [1.165, 1.54) is 4.90 Å². The van der Waals surface area contributed by atoms with Crippen molar-refractivity contribution in [2.75, 3.05) is 12.3 Å². The fourth-order valence-corrected chi connectivity index (χ4v) is 2.78. The van der Waals surface area contributed by atoms with Crippen LogP contribution in [0, 0.1) is 6.92 Å². The summed E-state index contributed by atoms with van der Waals surface area (Å²) in [6.45, 7) is 2.67. The Balaban J connectivity index is 1.69. The molecule has 2 aromatic rings. The van der Waals surface area contributed by atoms with Crippen LogP contribution in [0.15, 0.2) is 59.5 Å². The normalized spacial score (nSPS) is 10.2. The summed E-state index contributed by atoms with van der Waals surface area (Å²) in [6, 6.07) is 18.0. The first-order valence-electron chi connectivity index (χ1n) is 6.79. The van der Waals surface area contributed by atoms with Gasteiger partial charge in [-0.25, -0.2) is 0 Å². The number of carbonyl (C=O) groups is 1. The molecule has 0 aliphatic carbocycles. The molecule has 0 unspecified atom stereocenters. The Morgan fingerprint density at radius 1 is 1.05 bits per heavy atom. The van der Waals surface area contributed by atoms with Crippen LogP contribution in [0.5, 0.6) is 0 Å². The summed E-state index contributed by atoms with van der Waals surface area (Å²) >= 11 is 1.82. The summed E-state index contributed by atoms with van der Waals surface area (Å²) < 4.78 is 0. The van der Waals surface area contributed by atoms with E-state index in [1.54, 1.807) is 0 Å². The number of amides is 1. The van der Waals surface area contributed by atoms with Gasteiger partial charge in [-0.1, -0.05) is 36.4 Å². The summed E-state index contributed by atoms with van der Waals surface area (Å²) in [5, 5.41) is 2.97. The van der Waals surface area contributed by atoms with Gasteiger partial charge in [0.2, 0.25) is 0 Å². The molecule has 0 spiro atoms. The van der Waals surface area contributed by atoms with Gasteiger partial charge in [0.1, 0.15) is 0 Å². The zero-order chi connectivity index (χ0) is 14.2. The van der Waals surface area contributed by atoms with E-state index in [0.717, 1.165) is 23.3 Å². The van der Waals surface area contributed by atoms with Crippen LogP contribution >= 0.6 is 11.8 Å². The lowest BCUT2D eigenvalue weighted by Crippen LogP contribution is -2.25. The molecule has 0 heterocycles. The van der Waals surface area contributed by atoms with E-state index >= 15 is 0 Å². The molecule has 1 amide bonds. The molecule has 1 N–H and O–H groups in total. The lowest BCUT2D eigenvalue weighted by atomic mass is 10.1. The largest absolute Gasteiger partial charge is 0.352 e. The maximum absolute atomic E-state index is 12.0. The molecule has 0 saturated carbocycles. The molecule has 2 rings (SSSR count). The third kappa shape index (κ3) is 4.42. The van der Waals surface area contributed by atoms with Crippen molar-refractivity contribution in [2.24, 2.45) is 0 Å². The second-order valence-electron chi connectivity index (χ2n) is 4.59. The second kappa shape index (κ2) is 7.75. The van der Waals surface area contributed by atoms with Crippen LogP contribution in [0.3, 0.4) is 0 Å². The molecule has 0 atom stereocenters. The smallest absolute Gasteiger partial charge is 0.251 e. The molecule has 0 bridgehead atoms. The standard InChI is InChI=1S/C17H19NOS/c1-14-8-5-6-11-16(14)17(19)18-12-7-13-20-15-9-3-2-4-10-15/h2-6,8-11H,7,12-13H2,1H3,(H,18,19). The van der Waals surface area contributed by atoms with Gasteiger partial charge < -0.3 is 5.32 Å². The van der Waals surface area contributed by atoms with Crippen molar-refractivity contribution < 1.29 is 4.79 Å². The third-order valence-corrected chi connectivity index (χ3v) is 4.11. The molecule has 0 radical (unpaired) electrons. The monoisotopic (exact) mass is 285 g/mol. The number of aryl methyl sites for hydroxylation is 1. The van der Waals surface area contributed by atoms with E-state index < -0.39 is 0 Å². The highest BCUT2D eigenvalue weighted by Gasteiger charge is 2.06. The highest BCUT2D eigenvalue weighted by atomic mass is 32.2. The minimum atomic E-state index is 0.0211. The molecular formula is C17H19NOS. The highest BCUT2D eigenvalue weighted by Crippen LogP contribution is 2.17. The number of nitrogens with one attached hydrogen (secondary N) is 1. The van der Waals surface area contributed by atoms with Gasteiger partial charge in [-0.05, 0) is 42.9 Å². The average molecular weight is 285 g/mol. The van der Waals surface area contributed by atoms with Crippen molar-refractivity contribution in [3.63, 3.8) is 0 Å². The van der Waals surface area contributed by atoms with Crippen LogP contribution in [0.1, 0.15) is 22.3 Å². The number of carbonyl (C=O) groups excluding carboxylic acids is 1. The van der Waals surface area contributed by atoms with Gasteiger partial charge in [-0.15, -0.1) is 11.8 Å². The van der Waals surface area contributed by atoms with Crippen molar-refractivity contribution in [2.45, 2.75) is 18.2 Å². The van der Waals surface area contributed by atoms with Crippen molar-refractivity contribution >= 4 is 17.7 Å². The van der Waals surface area contributed by atoms with E-state index in [0.29, 0.717) is 6.54 Å². The Hall–Kier alpha value is -1.74. The predicted octanol–water partition coefficient (Wildman–Crippen LogP) is 3.91. The van der Waals surface area contributed by atoms with Crippen molar-refractivity contribution in [1.82, 2.24) is 5.32 Å². The first kappa shape index (κ1) is 14.7. The summed E-state index contributed by atoms with van der Waals surface area (Å²) in [5.41, 5.74) is 1.78. The summed E-state index contributed by atoms with van der Waals surface area (Å²) in [6.07, 6.45) is 0.969. The summed E-state index contributed by atoms with van der Waals surface area (Å²) in [4.78, 5) is 13.3. The first-order valence-corrected chi connectivity index (χ1v) is 7.77. The maximum atomic E-state index is 12.0. The van der Waals surface area contributed by atoms with Crippen molar-refractivity contribution in [3.05, 3.63) is 65.7 Å². The van der Waals surface area contributed by atoms with Crippen LogP contribution in [0.4, 0.5) is 0 Å². The first-order chi connectivity index (χ1) is 9.77. The molecule has 104 valence electrons. The fourth-order valence-electron chi connectivity index (χ4n) is 1.90. The zero-order valence-corrected chi connectivity index (χ0v) is 12.5. The Bertz CT molecular complexity index is 554. The topological polar surface area (TPSA) is 29.1 Å². The number of rotatable bonds is 6. The minimum Gasteiger partial charge on any atom is -0.352 e. The highest BCUT2D eigenvalue weighted by molar-refractivity contribution is 7.99. The van der Waals surface area contributed by atoms with Gasteiger partial charge in [0.05, 0.1) is 0 Å². The van der Waals surface area contributed by atoms with Gasteiger partial charge in [-0.2, -0.15) is 0 Å². The molecule has 0 fully saturated rings. The van der Waals surface area contributed by atoms with Gasteiger partial charge in [0.25, 0.3) is 5.91 Å². The summed E-state index contributed by atoms with van der Waals surface area (Å²) in [7, 11) is 0. The molecule has 0 aliphatic heterocycles. The SMILES string of the molecule is Cc1ccccc1C(=O)NCCCSc1ccccc1. The lowest BCUT2D eigenvalue weighted by molar-refractivity contribution is 0.0953. The van der Waals surface area contributed by atoms with Gasteiger partial charge in [0.15, 0.2) is 0 Å². The quantitative estimate of drug-likeness (QED) is 0.644. The molecular weight excluding hydrogens is 266 g/mol. The number of benzene rings is 2. The Kier molecular flexibility index (Phi) is 5.69. The average Bonchev–Trinajstić information content (AvgIpc) is 2.48. The van der Waals surface area contributed by atoms with Gasteiger partial charge in [0, 0.05) is 17.0 Å². The van der Waals surface area contributed by atoms with E-state index in [2.05, 4.69) is 17.4 Å². The molecule has 2 aromatic carbocycles. The summed E-state index contributed by atoms with van der Waals surface area (Å²) in [5.74, 6) is 1.03. The second-order valence-corrected chi connectivity index (χ2v) is 5.75. The Labute approximate surface area is 124 Å². The van der Waals surface area contributed by atoms with E-state index in [9.17, 15) is 4.79 Å². The van der Waals surface area contributed by atoms with E-state index in [-0.39, 0.29) is 5.91 Å². The molecule has 0 aromatic heterocycles. The Morgan fingerprint density at radius 2 is 1.75 bits per heavy atom. The lowest BCUT2D eigenvalue weighted by Gasteiger charge is -2.07. The van der Waals surface area contributed by atoms with Crippen molar-refractivity contribution in [3.8, 4) is 0 Å².